The molecule has 15 nitrogen and oxygen atoms in total. The van der Waals surface area contributed by atoms with Crippen LogP contribution in [0.15, 0.2) is 309 Å². The second kappa shape index (κ2) is 46.0. The summed E-state index contributed by atoms with van der Waals surface area (Å²) in [5, 5.41) is 3.28. The molecular formula is C95H96O15Se6. The van der Waals surface area contributed by atoms with Crippen LogP contribution in [-0.2, 0) is 48.2 Å². The normalized spacial score (nSPS) is 13.3. The van der Waals surface area contributed by atoms with Crippen molar-refractivity contribution in [1.82, 2.24) is 0 Å². The van der Waals surface area contributed by atoms with Crippen LogP contribution in [0.4, 0.5) is 0 Å². The molecule has 6 atom stereocenters. The van der Waals surface area contributed by atoms with Gasteiger partial charge in [0.25, 0.3) is 0 Å². The Morgan fingerprint density at radius 2 is 0.379 bits per heavy atom. The molecule has 0 N–H and O–H groups in total. The van der Waals surface area contributed by atoms with Gasteiger partial charge in [-0.3, -0.25) is 0 Å². The molecule has 0 spiro atoms. The minimum absolute atomic E-state index is 0.202. The summed E-state index contributed by atoms with van der Waals surface area (Å²) < 4.78 is 142. The first-order valence-electron chi connectivity index (χ1n) is 38.8. The fourth-order valence-electron chi connectivity index (χ4n) is 12.7. The monoisotopic (exact) mass is 1960 g/mol. The molecule has 0 aliphatic rings. The van der Waals surface area contributed by atoms with Crippen LogP contribution in [0.5, 0.6) is 51.7 Å². The molecule has 6 unspecified atom stereocenters. The van der Waals surface area contributed by atoms with Crippen LogP contribution in [0.3, 0.4) is 0 Å². The molecule has 0 aliphatic heterocycles. The quantitative estimate of drug-likeness (QED) is 0.0199. The van der Waals surface area contributed by atoms with E-state index in [1.165, 1.54) is 0 Å². The fraction of sp³-hybridized carbons (Fsp3) is 0.242. The molecule has 0 saturated carbocycles. The molecule has 602 valence electrons. The summed E-state index contributed by atoms with van der Waals surface area (Å²) >= 11 is -13.3. The van der Waals surface area contributed by atoms with Crippen LogP contribution in [0.25, 0.3) is 0 Å². The van der Waals surface area contributed by atoms with Crippen molar-refractivity contribution in [2.75, 3.05) is 39.6 Å². The summed E-state index contributed by atoms with van der Waals surface area (Å²) in [7, 11) is 0. The van der Waals surface area contributed by atoms with Crippen LogP contribution >= 0.6 is 0 Å². The second-order valence-electron chi connectivity index (χ2n) is 27.4. The summed E-state index contributed by atoms with van der Waals surface area (Å²) in [6.07, 6.45) is 3.70. The van der Waals surface area contributed by atoms with Crippen LogP contribution in [0.1, 0.15) is 78.8 Å². The first-order valence-corrected chi connectivity index (χ1v) is 55.4. The van der Waals surface area contributed by atoms with Crippen molar-refractivity contribution in [1.29, 1.82) is 0 Å². The van der Waals surface area contributed by atoms with E-state index in [0.717, 1.165) is 60.2 Å². The van der Waals surface area contributed by atoms with Crippen LogP contribution in [0, 0.1) is 0 Å². The van der Waals surface area contributed by atoms with E-state index >= 15 is 0 Å². The summed E-state index contributed by atoms with van der Waals surface area (Å²) in [5.74, 6) is 5.57. The molecular weight excluding hydrogens is 1850 g/mol. The van der Waals surface area contributed by atoms with Crippen molar-refractivity contribution in [2.45, 2.75) is 103 Å². The zero-order valence-corrected chi connectivity index (χ0v) is 75.1. The minimum atomic E-state index is -2.22. The van der Waals surface area contributed by atoms with Gasteiger partial charge in [-0.1, -0.05) is 0 Å². The average Bonchev–Trinajstić information content (AvgIpc) is 0.761. The van der Waals surface area contributed by atoms with Crippen LogP contribution in [-0.4, -0.2) is 123 Å². The Bertz CT molecular complexity index is 4410. The predicted octanol–water partition coefficient (Wildman–Crippen LogP) is 16.4. The molecule has 0 heterocycles. The van der Waals surface area contributed by atoms with Gasteiger partial charge in [-0.2, -0.15) is 0 Å². The summed E-state index contributed by atoms with van der Waals surface area (Å²) in [5.41, 5.74) is 4.69. The topological polar surface area (TPSA) is 185 Å². The van der Waals surface area contributed by atoms with E-state index in [4.69, 9.17) is 42.6 Å². The Balaban J connectivity index is 0.763. The van der Waals surface area contributed by atoms with Gasteiger partial charge in [-0.05, 0) is 23.6 Å². The fourth-order valence-corrected chi connectivity index (χ4v) is 26.3. The maximum atomic E-state index is 13.2. The van der Waals surface area contributed by atoms with Crippen molar-refractivity contribution in [3.05, 3.63) is 343 Å². The molecule has 116 heavy (non-hydrogen) atoms. The zero-order chi connectivity index (χ0) is 80.4. The van der Waals surface area contributed by atoms with E-state index in [1.54, 1.807) is 0 Å². The molecule has 0 bridgehead atoms. The number of benzene rings is 12. The second-order valence-corrected chi connectivity index (χ2v) is 47.2. The number of hydrogen-bond donors (Lipinski definition) is 0. The van der Waals surface area contributed by atoms with Gasteiger partial charge in [-0.25, -0.2) is 0 Å². The van der Waals surface area contributed by atoms with Gasteiger partial charge in [-0.15, -0.1) is 0 Å². The molecule has 12 rings (SSSR count). The molecule has 0 aromatic heterocycles. The van der Waals surface area contributed by atoms with Gasteiger partial charge in [0.05, 0.1) is 0 Å². The Morgan fingerprint density at radius 1 is 0.207 bits per heavy atom. The van der Waals surface area contributed by atoms with Gasteiger partial charge < -0.3 is 0 Å². The standard InChI is InChI=1S/C95H96O15Se6/c1-95(77-38-44-80(45-39-77)108-71-74-62-83(102-50-20-56-111(96)89-26-8-2-9-27-89)68-84(63-74)103-51-21-57-112(97)90-28-10-3-11-29-90,78-40-46-81(47-41-78)109-72-75-64-85(104-52-22-58-113(98)91-30-12-4-13-31-91)69-86(65-75)105-53-23-59-114(99)92-32-14-5-15-33-92)79-42-48-82(49-43-79)110-73-76-66-87(106-54-24-60-115(100)93-34-16-6-17-35-93)70-88(67-76)107-55-25-61-116(101)94-36-18-7-19-37-94/h2-19,26-49,62-70H,20-25,50-61,71-73H2,1H3. The molecule has 21 heteroatoms. The molecule has 0 amide bonds. The van der Waals surface area contributed by atoms with Crippen molar-refractivity contribution in [3.63, 3.8) is 0 Å². The van der Waals surface area contributed by atoms with Crippen molar-refractivity contribution >= 4 is 110 Å². The SMILES string of the molecule is CC(c1ccc(OCc2cc(OCCC[Se](=O)c3ccccc3)cc(OCCC[Se](=O)c3ccccc3)c2)cc1)(c1ccc(OCc2cc(OCCC[Se](=O)c3ccccc3)cc(OCCC[Se](=O)c3ccccc3)c2)cc1)c1ccc(OCc2cc(OCCC[Se](=O)c3ccccc3)cc(OCCC[Se](=O)c3ccccc3)c2)cc1. The Kier molecular flexibility index (Phi) is 34.2. The third-order valence-electron chi connectivity index (χ3n) is 18.8. The molecule has 0 saturated heterocycles. The third-order valence-corrected chi connectivity index (χ3v) is 37.2. The van der Waals surface area contributed by atoms with E-state index in [0.29, 0.717) is 162 Å². The van der Waals surface area contributed by atoms with Crippen LogP contribution < -0.4 is 69.4 Å². The van der Waals surface area contributed by atoms with E-state index in [-0.39, 0.29) is 19.8 Å². The van der Waals surface area contributed by atoms with Gasteiger partial charge >= 0.3 is 683 Å². The Labute approximate surface area is 705 Å². The summed E-state index contributed by atoms with van der Waals surface area (Å²) in [6, 6.07) is 99.3. The number of ether oxygens (including phenoxy) is 9. The van der Waals surface area contributed by atoms with E-state index in [1.807, 2.05) is 273 Å². The van der Waals surface area contributed by atoms with Gasteiger partial charge in [0, 0.05) is 5.41 Å². The first-order chi connectivity index (χ1) is 56.8. The van der Waals surface area contributed by atoms with Crippen molar-refractivity contribution < 1.29 is 65.6 Å². The van der Waals surface area contributed by atoms with Gasteiger partial charge in [0.1, 0.15) is 0 Å². The Morgan fingerprint density at radius 3 is 0.552 bits per heavy atom. The van der Waals surface area contributed by atoms with Gasteiger partial charge in [0.2, 0.25) is 0 Å². The molecule has 12 aromatic carbocycles. The van der Waals surface area contributed by atoms with Gasteiger partial charge in [0.15, 0.2) is 0 Å². The van der Waals surface area contributed by atoms with E-state index in [2.05, 4.69) is 43.3 Å². The summed E-state index contributed by atoms with van der Waals surface area (Å²) in [4.78, 5) is 0. The number of rotatable bonds is 48. The maximum absolute atomic E-state index is 13.2. The summed E-state index contributed by atoms with van der Waals surface area (Å²) in [6.45, 7) is 5.02. The molecule has 12 aromatic rings. The van der Waals surface area contributed by atoms with E-state index < -0.39 is 88.4 Å². The average molecular weight is 1950 g/mol. The zero-order valence-electron chi connectivity index (χ0n) is 64.9. The molecule has 0 radical (unpaired) electrons. The van der Waals surface area contributed by atoms with E-state index in [9.17, 15) is 23.0 Å². The first kappa shape index (κ1) is 86.1. The third kappa shape index (κ3) is 27.2. The predicted molar refractivity (Wildman–Crippen MR) is 462 cm³/mol. The Hall–Kier alpha value is -9.24. The van der Waals surface area contributed by atoms with Crippen molar-refractivity contribution in [2.24, 2.45) is 0 Å². The van der Waals surface area contributed by atoms with Crippen molar-refractivity contribution in [3.8, 4) is 51.7 Å². The molecule has 0 aliphatic carbocycles. The molecule has 0 fully saturated rings. The number of hydrogen-bond acceptors (Lipinski definition) is 15. The van der Waals surface area contributed by atoms with Crippen LogP contribution in [0.2, 0.25) is 31.9 Å².